The summed E-state index contributed by atoms with van der Waals surface area (Å²) in [6.45, 7) is 0.941. The zero-order valence-corrected chi connectivity index (χ0v) is 18.3. The van der Waals surface area contributed by atoms with Gasteiger partial charge in [0.25, 0.3) is 5.91 Å². The Kier molecular flexibility index (Phi) is 5.77. The Balaban J connectivity index is 1.42. The molecule has 0 fully saturated rings. The molecule has 1 N–H and O–H groups in total. The van der Waals surface area contributed by atoms with E-state index in [2.05, 4.69) is 5.32 Å². The predicted molar refractivity (Wildman–Crippen MR) is 118 cm³/mol. The number of nitrogens with one attached hydrogen (secondary N) is 1. The molecule has 4 rings (SSSR count). The minimum Gasteiger partial charge on any atom is -0.337 e. The van der Waals surface area contributed by atoms with Gasteiger partial charge in [0.15, 0.2) is 0 Å². The highest BCUT2D eigenvalue weighted by molar-refractivity contribution is 7.17. The highest BCUT2D eigenvalue weighted by Gasteiger charge is 2.36. The van der Waals surface area contributed by atoms with Crippen molar-refractivity contribution in [3.05, 3.63) is 46.3 Å². The van der Waals surface area contributed by atoms with Crippen molar-refractivity contribution in [1.29, 1.82) is 0 Å². The van der Waals surface area contributed by atoms with Gasteiger partial charge >= 0.3 is 0 Å². The smallest absolute Gasteiger partial charge is 0.257 e. The number of rotatable bonds is 4. The highest BCUT2D eigenvalue weighted by Crippen LogP contribution is 2.40. The maximum absolute atomic E-state index is 12.8. The number of fused-ring (bicyclic) bond motifs is 3. The molecule has 0 bridgehead atoms. The minimum absolute atomic E-state index is 0.0567. The Morgan fingerprint density at radius 3 is 2.55 bits per heavy atom. The summed E-state index contributed by atoms with van der Waals surface area (Å²) in [5, 5.41) is 3.44. The maximum Gasteiger partial charge on any atom is 0.257 e. The van der Waals surface area contributed by atoms with Gasteiger partial charge in [-0.2, -0.15) is 0 Å². The topological polar surface area (TPSA) is 90.0 Å². The molecule has 0 aliphatic carbocycles. The number of amides is 4. The molecule has 1 aromatic heterocycles. The number of thiophene rings is 1. The van der Waals surface area contributed by atoms with E-state index in [0.717, 1.165) is 10.4 Å². The molecule has 3 heterocycles. The molecule has 8 nitrogen and oxygen atoms in total. The van der Waals surface area contributed by atoms with Gasteiger partial charge in [-0.1, -0.05) is 18.2 Å². The lowest BCUT2D eigenvalue weighted by atomic mass is 10.0. The number of nitrogens with zero attached hydrogens (tertiary/aromatic N) is 3. The van der Waals surface area contributed by atoms with Crippen molar-refractivity contribution < 1.29 is 19.2 Å². The van der Waals surface area contributed by atoms with Crippen molar-refractivity contribution >= 4 is 45.7 Å². The summed E-state index contributed by atoms with van der Waals surface area (Å²) in [5.41, 5.74) is 2.23. The van der Waals surface area contributed by atoms with Crippen LogP contribution in [0, 0.1) is 0 Å². The fraction of sp³-hybridized carbons (Fsp3) is 0.364. The number of carbonyl (C=O) groups is 4. The van der Waals surface area contributed by atoms with Crippen LogP contribution in [0.25, 0.3) is 0 Å². The summed E-state index contributed by atoms with van der Waals surface area (Å²) >= 11 is 1.40. The molecular formula is C22H24N4O4S. The Morgan fingerprint density at radius 2 is 1.81 bits per heavy atom. The largest absolute Gasteiger partial charge is 0.337 e. The van der Waals surface area contributed by atoms with Crippen LogP contribution in [-0.4, -0.2) is 60.6 Å². The van der Waals surface area contributed by atoms with Gasteiger partial charge in [-0.25, -0.2) is 0 Å². The van der Waals surface area contributed by atoms with Crippen molar-refractivity contribution in [3.63, 3.8) is 0 Å². The van der Waals surface area contributed by atoms with E-state index < -0.39 is 0 Å². The average Bonchev–Trinajstić information content (AvgIpc) is 3.12. The molecule has 1 aromatic carbocycles. The summed E-state index contributed by atoms with van der Waals surface area (Å²) in [6.07, 6.45) is 0.794. The van der Waals surface area contributed by atoms with Gasteiger partial charge < -0.3 is 20.0 Å². The molecule has 0 radical (unpaired) electrons. The van der Waals surface area contributed by atoms with E-state index in [9.17, 15) is 19.2 Å². The van der Waals surface area contributed by atoms with Gasteiger partial charge in [-0.15, -0.1) is 11.3 Å². The standard InChI is InChI=1S/C22H24N4O4S/c1-24-13-19(29)25(2)22-20(21(24)30)15-10-11-26(12-16(15)31-22)18(28)9-8-17(27)23-14-6-4-3-5-7-14/h3-7H,8-13H2,1-2H3,(H,23,27). The zero-order valence-electron chi connectivity index (χ0n) is 17.5. The number of anilines is 2. The van der Waals surface area contributed by atoms with Gasteiger partial charge in [0.1, 0.15) is 11.5 Å². The summed E-state index contributed by atoms with van der Waals surface area (Å²) in [5.74, 6) is -0.577. The van der Waals surface area contributed by atoms with E-state index >= 15 is 0 Å². The van der Waals surface area contributed by atoms with Crippen molar-refractivity contribution in [3.8, 4) is 0 Å². The van der Waals surface area contributed by atoms with Gasteiger partial charge in [0.2, 0.25) is 17.7 Å². The molecule has 0 saturated heterocycles. The average molecular weight is 441 g/mol. The van der Waals surface area contributed by atoms with Crippen molar-refractivity contribution in [1.82, 2.24) is 9.80 Å². The molecule has 0 unspecified atom stereocenters. The van der Waals surface area contributed by atoms with Crippen molar-refractivity contribution in [2.45, 2.75) is 25.8 Å². The first-order chi connectivity index (χ1) is 14.8. The van der Waals surface area contributed by atoms with Gasteiger partial charge in [0.05, 0.1) is 12.1 Å². The van der Waals surface area contributed by atoms with Gasteiger partial charge in [-0.3, -0.25) is 19.2 Å². The molecule has 2 aliphatic heterocycles. The van der Waals surface area contributed by atoms with E-state index in [1.54, 1.807) is 36.0 Å². The number of hydrogen-bond acceptors (Lipinski definition) is 5. The lowest BCUT2D eigenvalue weighted by Crippen LogP contribution is -2.37. The molecule has 31 heavy (non-hydrogen) atoms. The number of likely N-dealkylation sites (N-methyl/N-ethyl adjacent to an activating group) is 2. The second kappa shape index (κ2) is 8.50. The molecule has 0 saturated carbocycles. The van der Waals surface area contributed by atoms with E-state index in [-0.39, 0.29) is 43.0 Å². The van der Waals surface area contributed by atoms with Crippen LogP contribution in [0.4, 0.5) is 10.7 Å². The Bertz CT molecular complexity index is 1050. The van der Waals surface area contributed by atoms with Crippen LogP contribution in [0.15, 0.2) is 30.3 Å². The Labute approximate surface area is 184 Å². The molecule has 9 heteroatoms. The Hall–Kier alpha value is -3.20. The van der Waals surface area contributed by atoms with Crippen LogP contribution >= 0.6 is 11.3 Å². The molecule has 0 spiro atoms. The van der Waals surface area contributed by atoms with Crippen LogP contribution in [0.1, 0.15) is 33.6 Å². The number of hydrogen-bond donors (Lipinski definition) is 1. The molecule has 0 atom stereocenters. The Morgan fingerprint density at radius 1 is 1.06 bits per heavy atom. The van der Waals surface area contributed by atoms with Crippen molar-refractivity contribution in [2.24, 2.45) is 0 Å². The molecule has 162 valence electrons. The number of benzene rings is 1. The fourth-order valence-corrected chi connectivity index (χ4v) is 5.20. The monoisotopic (exact) mass is 440 g/mol. The van der Waals surface area contributed by atoms with E-state index in [0.29, 0.717) is 35.8 Å². The normalized spacial score (nSPS) is 16.0. The summed E-state index contributed by atoms with van der Waals surface area (Å²) in [7, 11) is 3.32. The van der Waals surface area contributed by atoms with Crippen LogP contribution in [0.2, 0.25) is 0 Å². The molecule has 2 aliphatic rings. The predicted octanol–water partition coefficient (Wildman–Crippen LogP) is 2.10. The number of carbonyl (C=O) groups excluding carboxylic acids is 4. The fourth-order valence-electron chi connectivity index (χ4n) is 3.87. The quantitative estimate of drug-likeness (QED) is 0.789. The zero-order chi connectivity index (χ0) is 22.1. The van der Waals surface area contributed by atoms with Gasteiger partial charge in [0, 0.05) is 44.0 Å². The summed E-state index contributed by atoms with van der Waals surface area (Å²) in [4.78, 5) is 55.7. The maximum atomic E-state index is 12.8. The van der Waals surface area contributed by atoms with Crippen molar-refractivity contribution in [2.75, 3.05) is 37.4 Å². The molecule has 2 aromatic rings. The second-order valence-corrected chi connectivity index (χ2v) is 8.86. The summed E-state index contributed by atoms with van der Waals surface area (Å²) in [6, 6.07) is 9.14. The SMILES string of the molecule is CN1CC(=O)N(C)c2sc3c(c2C1=O)CCN(C(=O)CCC(=O)Nc1ccccc1)C3. The van der Waals surface area contributed by atoms with Crippen LogP contribution in [0.5, 0.6) is 0 Å². The third-order valence-corrected chi connectivity index (χ3v) is 6.92. The first-order valence-electron chi connectivity index (χ1n) is 10.1. The molecule has 4 amide bonds. The van der Waals surface area contributed by atoms with E-state index in [1.165, 1.54) is 16.2 Å². The third kappa shape index (κ3) is 4.18. The van der Waals surface area contributed by atoms with E-state index in [4.69, 9.17) is 0 Å². The summed E-state index contributed by atoms with van der Waals surface area (Å²) < 4.78 is 0. The molecular weight excluding hydrogens is 416 g/mol. The van der Waals surface area contributed by atoms with Crippen LogP contribution in [0.3, 0.4) is 0 Å². The highest BCUT2D eigenvalue weighted by atomic mass is 32.1. The lowest BCUT2D eigenvalue weighted by Gasteiger charge is -2.27. The second-order valence-electron chi connectivity index (χ2n) is 7.78. The third-order valence-electron chi connectivity index (χ3n) is 5.63. The lowest BCUT2D eigenvalue weighted by molar-refractivity contribution is -0.133. The van der Waals surface area contributed by atoms with Crippen LogP contribution in [-0.2, 0) is 27.3 Å². The minimum atomic E-state index is -0.200. The number of para-hydroxylation sites is 1. The van der Waals surface area contributed by atoms with E-state index in [1.807, 2.05) is 18.2 Å². The first-order valence-corrected chi connectivity index (χ1v) is 11.0. The van der Waals surface area contributed by atoms with Gasteiger partial charge in [-0.05, 0) is 24.1 Å². The first kappa shape index (κ1) is 21.0. The van der Waals surface area contributed by atoms with Crippen LogP contribution < -0.4 is 10.2 Å².